The first-order valence-corrected chi connectivity index (χ1v) is 6.12. The van der Waals surface area contributed by atoms with E-state index in [9.17, 15) is 4.39 Å². The second-order valence-corrected chi connectivity index (χ2v) is 4.05. The molecule has 18 heavy (non-hydrogen) atoms. The Hall–Kier alpha value is -1.97. The molecule has 1 heterocycles. The summed E-state index contributed by atoms with van der Waals surface area (Å²) in [7, 11) is 0. The number of halogens is 1. The van der Waals surface area contributed by atoms with Crippen LogP contribution in [0.5, 0.6) is 0 Å². The van der Waals surface area contributed by atoms with Crippen LogP contribution < -0.4 is 5.32 Å². The molecule has 2 rings (SSSR count). The van der Waals surface area contributed by atoms with E-state index >= 15 is 0 Å². The topological polar surface area (TPSA) is 37.8 Å². The van der Waals surface area contributed by atoms with Crippen LogP contribution in [0.2, 0.25) is 0 Å². The Morgan fingerprint density at radius 2 is 1.94 bits per heavy atom. The van der Waals surface area contributed by atoms with Crippen molar-refractivity contribution in [2.45, 2.75) is 19.8 Å². The highest BCUT2D eigenvalue weighted by molar-refractivity contribution is 5.59. The zero-order valence-electron chi connectivity index (χ0n) is 10.4. The van der Waals surface area contributed by atoms with Crippen molar-refractivity contribution in [3.05, 3.63) is 42.3 Å². The molecular weight excluding hydrogens is 229 g/mol. The molecule has 1 aromatic carbocycles. The van der Waals surface area contributed by atoms with Crippen LogP contribution in [0.15, 0.2) is 36.5 Å². The summed E-state index contributed by atoms with van der Waals surface area (Å²) in [6.45, 7) is 3.00. The van der Waals surface area contributed by atoms with E-state index in [1.807, 2.05) is 6.07 Å². The number of aromatic nitrogens is 2. The van der Waals surface area contributed by atoms with E-state index in [4.69, 9.17) is 0 Å². The van der Waals surface area contributed by atoms with Crippen molar-refractivity contribution in [3.8, 4) is 11.3 Å². The first kappa shape index (κ1) is 12.5. The van der Waals surface area contributed by atoms with Crippen LogP contribution in [0, 0.1) is 5.82 Å². The molecule has 0 fully saturated rings. The maximum atomic E-state index is 12.8. The fourth-order valence-corrected chi connectivity index (χ4v) is 1.60. The molecule has 0 radical (unpaired) electrons. The molecule has 0 atom stereocenters. The minimum atomic E-state index is -0.242. The lowest BCUT2D eigenvalue weighted by Gasteiger charge is -2.05. The molecule has 0 aliphatic heterocycles. The van der Waals surface area contributed by atoms with Crippen LogP contribution in [-0.4, -0.2) is 16.5 Å². The summed E-state index contributed by atoms with van der Waals surface area (Å²) in [5, 5.41) is 3.17. The lowest BCUT2D eigenvalue weighted by Crippen LogP contribution is -2.05. The number of nitrogens with zero attached hydrogens (tertiary/aromatic N) is 2. The van der Waals surface area contributed by atoms with E-state index in [0.717, 1.165) is 30.6 Å². The largest absolute Gasteiger partial charge is 0.354 e. The summed E-state index contributed by atoms with van der Waals surface area (Å²) in [6.07, 6.45) is 3.93. The molecule has 0 saturated carbocycles. The van der Waals surface area contributed by atoms with Crippen molar-refractivity contribution < 1.29 is 4.39 Å². The van der Waals surface area contributed by atoms with Gasteiger partial charge in [0.05, 0.1) is 5.69 Å². The molecule has 0 bridgehead atoms. The average molecular weight is 245 g/mol. The Bertz CT molecular complexity index is 497. The van der Waals surface area contributed by atoms with E-state index < -0.39 is 0 Å². The van der Waals surface area contributed by atoms with E-state index in [-0.39, 0.29) is 5.82 Å². The third-order valence-electron chi connectivity index (χ3n) is 2.61. The minimum absolute atomic E-state index is 0.242. The van der Waals surface area contributed by atoms with Gasteiger partial charge in [-0.15, -0.1) is 0 Å². The maximum Gasteiger partial charge on any atom is 0.223 e. The Labute approximate surface area is 106 Å². The van der Waals surface area contributed by atoms with Crippen molar-refractivity contribution in [2.24, 2.45) is 0 Å². The summed E-state index contributed by atoms with van der Waals surface area (Å²) in [6, 6.07) is 8.11. The van der Waals surface area contributed by atoms with E-state index in [1.165, 1.54) is 12.1 Å². The minimum Gasteiger partial charge on any atom is -0.354 e. The van der Waals surface area contributed by atoms with Gasteiger partial charge >= 0.3 is 0 Å². The number of hydrogen-bond donors (Lipinski definition) is 1. The molecule has 4 heteroatoms. The molecule has 3 nitrogen and oxygen atoms in total. The van der Waals surface area contributed by atoms with Crippen molar-refractivity contribution in [1.29, 1.82) is 0 Å². The van der Waals surface area contributed by atoms with Gasteiger partial charge in [-0.1, -0.05) is 13.3 Å². The molecule has 94 valence electrons. The number of anilines is 1. The van der Waals surface area contributed by atoms with Gasteiger partial charge in [-0.2, -0.15) is 0 Å². The highest BCUT2D eigenvalue weighted by Crippen LogP contribution is 2.17. The highest BCUT2D eigenvalue weighted by atomic mass is 19.1. The third kappa shape index (κ3) is 3.26. The summed E-state index contributed by atoms with van der Waals surface area (Å²) in [5.74, 6) is 0.374. The summed E-state index contributed by atoms with van der Waals surface area (Å²) in [4.78, 5) is 8.56. The molecule has 0 spiro atoms. The molecule has 0 saturated heterocycles. The summed E-state index contributed by atoms with van der Waals surface area (Å²) >= 11 is 0. The van der Waals surface area contributed by atoms with Gasteiger partial charge in [-0.3, -0.25) is 0 Å². The van der Waals surface area contributed by atoms with Gasteiger partial charge in [0.1, 0.15) is 5.82 Å². The highest BCUT2D eigenvalue weighted by Gasteiger charge is 2.02. The van der Waals surface area contributed by atoms with Gasteiger partial charge < -0.3 is 5.32 Å². The first-order chi connectivity index (χ1) is 8.79. The number of nitrogens with one attached hydrogen (secondary N) is 1. The average Bonchev–Trinajstić information content (AvgIpc) is 2.40. The molecule has 0 unspecified atom stereocenters. The van der Waals surface area contributed by atoms with Crippen LogP contribution in [0.25, 0.3) is 11.3 Å². The van der Waals surface area contributed by atoms with Gasteiger partial charge in [0, 0.05) is 18.3 Å². The molecule has 2 aromatic rings. The van der Waals surface area contributed by atoms with Crippen LogP contribution in [0.4, 0.5) is 10.3 Å². The number of rotatable bonds is 5. The summed E-state index contributed by atoms with van der Waals surface area (Å²) in [5.41, 5.74) is 1.68. The number of benzene rings is 1. The van der Waals surface area contributed by atoms with Gasteiger partial charge in [-0.05, 0) is 36.8 Å². The fraction of sp³-hybridized carbons (Fsp3) is 0.286. The van der Waals surface area contributed by atoms with E-state index in [1.54, 1.807) is 18.3 Å². The predicted octanol–water partition coefficient (Wildman–Crippen LogP) is 3.49. The number of hydrogen-bond acceptors (Lipinski definition) is 3. The normalized spacial score (nSPS) is 10.3. The molecule has 1 N–H and O–H groups in total. The lowest BCUT2D eigenvalue weighted by molar-refractivity contribution is 0.628. The first-order valence-electron chi connectivity index (χ1n) is 6.12. The van der Waals surface area contributed by atoms with Crippen molar-refractivity contribution in [2.75, 3.05) is 11.9 Å². The van der Waals surface area contributed by atoms with Gasteiger partial charge in [-0.25, -0.2) is 14.4 Å². The fourth-order valence-electron chi connectivity index (χ4n) is 1.60. The van der Waals surface area contributed by atoms with Crippen LogP contribution in [-0.2, 0) is 0 Å². The Balaban J connectivity index is 2.13. The third-order valence-corrected chi connectivity index (χ3v) is 2.61. The predicted molar refractivity (Wildman–Crippen MR) is 70.8 cm³/mol. The SMILES string of the molecule is CCCCNc1nccc(-c2ccc(F)cc2)n1. The van der Waals surface area contributed by atoms with Crippen LogP contribution in [0.3, 0.4) is 0 Å². The standard InChI is InChI=1S/C14H16FN3/c1-2-3-9-16-14-17-10-8-13(18-14)11-4-6-12(15)7-5-11/h4-8,10H,2-3,9H2,1H3,(H,16,17,18). The van der Waals surface area contributed by atoms with Crippen molar-refractivity contribution in [1.82, 2.24) is 9.97 Å². The molecule has 1 aromatic heterocycles. The Kier molecular flexibility index (Phi) is 4.23. The molecule has 0 aliphatic carbocycles. The second-order valence-electron chi connectivity index (χ2n) is 4.05. The molecule has 0 aliphatic rings. The zero-order valence-corrected chi connectivity index (χ0v) is 10.4. The lowest BCUT2D eigenvalue weighted by atomic mass is 10.1. The van der Waals surface area contributed by atoms with E-state index in [0.29, 0.717) is 5.95 Å². The monoisotopic (exact) mass is 245 g/mol. The van der Waals surface area contributed by atoms with Crippen molar-refractivity contribution in [3.63, 3.8) is 0 Å². The Morgan fingerprint density at radius 1 is 1.17 bits per heavy atom. The van der Waals surface area contributed by atoms with E-state index in [2.05, 4.69) is 22.2 Å². The molecule has 0 amide bonds. The van der Waals surface area contributed by atoms with Gasteiger partial charge in [0.2, 0.25) is 5.95 Å². The van der Waals surface area contributed by atoms with Crippen molar-refractivity contribution >= 4 is 5.95 Å². The number of unbranched alkanes of at least 4 members (excludes halogenated alkanes) is 1. The van der Waals surface area contributed by atoms with Gasteiger partial charge in [0.15, 0.2) is 0 Å². The quantitative estimate of drug-likeness (QED) is 0.819. The Morgan fingerprint density at radius 3 is 2.67 bits per heavy atom. The maximum absolute atomic E-state index is 12.8. The zero-order chi connectivity index (χ0) is 12.8. The second kappa shape index (κ2) is 6.10. The smallest absolute Gasteiger partial charge is 0.223 e. The van der Waals surface area contributed by atoms with Gasteiger partial charge in [0.25, 0.3) is 0 Å². The van der Waals surface area contributed by atoms with Crippen LogP contribution >= 0.6 is 0 Å². The van der Waals surface area contributed by atoms with Crippen LogP contribution in [0.1, 0.15) is 19.8 Å². The molecular formula is C14H16FN3. The summed E-state index contributed by atoms with van der Waals surface area (Å²) < 4.78 is 12.8.